The molecule has 0 saturated carbocycles. The predicted molar refractivity (Wildman–Crippen MR) is 120 cm³/mol. The third-order valence-electron chi connectivity index (χ3n) is 4.65. The van der Waals surface area contributed by atoms with E-state index < -0.39 is 6.03 Å². The van der Waals surface area contributed by atoms with Crippen LogP contribution in [0, 0.1) is 6.92 Å². The summed E-state index contributed by atoms with van der Waals surface area (Å²) in [5, 5.41) is 5.78. The van der Waals surface area contributed by atoms with Gasteiger partial charge in [-0.3, -0.25) is 4.79 Å². The number of rotatable bonds is 4. The molecule has 0 aliphatic rings. The van der Waals surface area contributed by atoms with Gasteiger partial charge in [-0.1, -0.05) is 60.1 Å². The van der Waals surface area contributed by atoms with Crippen LogP contribution in [-0.2, 0) is 0 Å². The Bertz CT molecular complexity index is 1250. The SMILES string of the molecule is Cc1c(NC(=O)Nc2ccccc2Cl)c(=O)n(-c2ccccc2)n1-c1ccccc1. The summed E-state index contributed by atoms with van der Waals surface area (Å²) in [5.74, 6) is 0. The van der Waals surface area contributed by atoms with Crippen molar-refractivity contribution in [3.05, 3.63) is 106 Å². The van der Waals surface area contributed by atoms with Gasteiger partial charge in [0.15, 0.2) is 0 Å². The average molecular weight is 419 g/mol. The first-order chi connectivity index (χ1) is 14.6. The second-order valence-electron chi connectivity index (χ2n) is 6.62. The Morgan fingerprint density at radius 2 is 1.30 bits per heavy atom. The molecule has 2 N–H and O–H groups in total. The second kappa shape index (κ2) is 8.31. The molecule has 0 fully saturated rings. The third-order valence-corrected chi connectivity index (χ3v) is 4.98. The van der Waals surface area contributed by atoms with E-state index in [4.69, 9.17) is 11.6 Å². The number of anilines is 2. The van der Waals surface area contributed by atoms with Crippen molar-refractivity contribution >= 4 is 29.0 Å². The van der Waals surface area contributed by atoms with Gasteiger partial charge in [-0.05, 0) is 43.3 Å². The van der Waals surface area contributed by atoms with Crippen molar-refractivity contribution in [2.24, 2.45) is 0 Å². The molecule has 30 heavy (non-hydrogen) atoms. The van der Waals surface area contributed by atoms with Crippen molar-refractivity contribution in [1.29, 1.82) is 0 Å². The minimum Gasteiger partial charge on any atom is -0.306 e. The van der Waals surface area contributed by atoms with Crippen molar-refractivity contribution in [1.82, 2.24) is 9.36 Å². The molecule has 1 heterocycles. The Balaban J connectivity index is 1.78. The molecule has 4 aromatic rings. The van der Waals surface area contributed by atoms with Crippen molar-refractivity contribution in [2.75, 3.05) is 10.6 Å². The van der Waals surface area contributed by atoms with Crippen LogP contribution in [0.1, 0.15) is 5.69 Å². The van der Waals surface area contributed by atoms with E-state index >= 15 is 0 Å². The van der Waals surface area contributed by atoms with Crippen LogP contribution in [0.4, 0.5) is 16.2 Å². The fourth-order valence-electron chi connectivity index (χ4n) is 3.26. The first kappa shape index (κ1) is 19.5. The number of halogens is 1. The Kier molecular flexibility index (Phi) is 5.41. The van der Waals surface area contributed by atoms with Gasteiger partial charge in [-0.15, -0.1) is 0 Å². The van der Waals surface area contributed by atoms with E-state index in [1.807, 2.05) is 60.7 Å². The molecule has 0 atom stereocenters. The topological polar surface area (TPSA) is 68.1 Å². The number of urea groups is 1. The quantitative estimate of drug-likeness (QED) is 0.476. The molecule has 3 aromatic carbocycles. The molecule has 7 heteroatoms. The molecule has 4 rings (SSSR count). The molecule has 6 nitrogen and oxygen atoms in total. The van der Waals surface area contributed by atoms with Gasteiger partial charge >= 0.3 is 6.03 Å². The lowest BCUT2D eigenvalue weighted by molar-refractivity contribution is 0.262. The van der Waals surface area contributed by atoms with E-state index in [0.717, 1.165) is 5.69 Å². The summed E-state index contributed by atoms with van der Waals surface area (Å²) < 4.78 is 3.32. The normalized spacial score (nSPS) is 10.6. The van der Waals surface area contributed by atoms with E-state index in [9.17, 15) is 9.59 Å². The minimum absolute atomic E-state index is 0.187. The maximum absolute atomic E-state index is 13.3. The van der Waals surface area contributed by atoms with Crippen LogP contribution < -0.4 is 16.2 Å². The van der Waals surface area contributed by atoms with Crippen LogP contribution in [0.2, 0.25) is 5.02 Å². The van der Waals surface area contributed by atoms with Gasteiger partial charge in [0.2, 0.25) is 0 Å². The van der Waals surface area contributed by atoms with Crippen LogP contribution in [0.5, 0.6) is 0 Å². The van der Waals surface area contributed by atoms with Crippen LogP contribution >= 0.6 is 11.6 Å². The highest BCUT2D eigenvalue weighted by Gasteiger charge is 2.21. The largest absolute Gasteiger partial charge is 0.323 e. The summed E-state index contributed by atoms with van der Waals surface area (Å²) in [6, 6.07) is 25.1. The molecular weight excluding hydrogens is 400 g/mol. The summed E-state index contributed by atoms with van der Waals surface area (Å²) >= 11 is 6.11. The highest BCUT2D eigenvalue weighted by Crippen LogP contribution is 2.22. The maximum atomic E-state index is 13.3. The number of nitrogens with one attached hydrogen (secondary N) is 2. The summed E-state index contributed by atoms with van der Waals surface area (Å²) in [6.45, 7) is 1.79. The molecule has 0 unspecified atom stereocenters. The highest BCUT2D eigenvalue weighted by molar-refractivity contribution is 6.33. The first-order valence-electron chi connectivity index (χ1n) is 9.34. The van der Waals surface area contributed by atoms with E-state index in [1.165, 1.54) is 4.68 Å². The fourth-order valence-corrected chi connectivity index (χ4v) is 3.44. The molecule has 2 amide bonds. The summed E-state index contributed by atoms with van der Waals surface area (Å²) in [4.78, 5) is 25.9. The molecule has 0 saturated heterocycles. The van der Waals surface area contributed by atoms with Crippen molar-refractivity contribution in [3.8, 4) is 11.4 Å². The summed E-state index contributed by atoms with van der Waals surface area (Å²) in [7, 11) is 0. The van der Waals surface area contributed by atoms with E-state index in [2.05, 4.69) is 10.6 Å². The third kappa shape index (κ3) is 3.73. The predicted octanol–water partition coefficient (Wildman–Crippen LogP) is 5.23. The smallest absolute Gasteiger partial charge is 0.306 e. The van der Waals surface area contributed by atoms with Gasteiger partial charge in [-0.2, -0.15) is 0 Å². The highest BCUT2D eigenvalue weighted by atomic mass is 35.5. The lowest BCUT2D eigenvalue weighted by atomic mass is 10.3. The number of hydrogen-bond donors (Lipinski definition) is 2. The van der Waals surface area contributed by atoms with Gasteiger partial charge in [0.25, 0.3) is 5.56 Å². The zero-order valence-corrected chi connectivity index (χ0v) is 16.9. The molecule has 0 bridgehead atoms. The molecule has 0 spiro atoms. The summed E-state index contributed by atoms with van der Waals surface area (Å²) in [6.07, 6.45) is 0. The maximum Gasteiger partial charge on any atom is 0.323 e. The summed E-state index contributed by atoms with van der Waals surface area (Å²) in [5.41, 5.74) is 2.40. The Morgan fingerprint density at radius 3 is 1.90 bits per heavy atom. The minimum atomic E-state index is -0.547. The monoisotopic (exact) mass is 418 g/mol. The van der Waals surface area contributed by atoms with Crippen LogP contribution in [-0.4, -0.2) is 15.4 Å². The molecule has 0 aliphatic carbocycles. The number of amides is 2. The van der Waals surface area contributed by atoms with Gasteiger partial charge < -0.3 is 10.6 Å². The van der Waals surface area contributed by atoms with E-state index in [1.54, 1.807) is 35.9 Å². The van der Waals surface area contributed by atoms with E-state index in [-0.39, 0.29) is 11.2 Å². The van der Waals surface area contributed by atoms with Crippen molar-refractivity contribution < 1.29 is 4.79 Å². The number of nitrogens with zero attached hydrogens (tertiary/aromatic N) is 2. The zero-order valence-electron chi connectivity index (χ0n) is 16.2. The van der Waals surface area contributed by atoms with Gasteiger partial charge in [0.05, 0.1) is 27.8 Å². The lowest BCUT2D eigenvalue weighted by Gasteiger charge is -2.13. The van der Waals surface area contributed by atoms with Gasteiger partial charge in [0, 0.05) is 0 Å². The molecule has 150 valence electrons. The van der Waals surface area contributed by atoms with Gasteiger partial charge in [0.1, 0.15) is 5.69 Å². The van der Waals surface area contributed by atoms with Crippen LogP contribution in [0.3, 0.4) is 0 Å². The molecular formula is C23H19ClN4O2. The average Bonchev–Trinajstić information content (AvgIpc) is 3.01. The van der Waals surface area contributed by atoms with Crippen LogP contribution in [0.25, 0.3) is 11.4 Å². The first-order valence-corrected chi connectivity index (χ1v) is 9.72. The number of aromatic nitrogens is 2. The number of carbonyl (C=O) groups excluding carboxylic acids is 1. The number of benzene rings is 3. The van der Waals surface area contributed by atoms with Crippen molar-refractivity contribution in [3.63, 3.8) is 0 Å². The lowest BCUT2D eigenvalue weighted by Crippen LogP contribution is -2.25. The van der Waals surface area contributed by atoms with Crippen LogP contribution in [0.15, 0.2) is 89.7 Å². The number of hydrogen-bond acceptors (Lipinski definition) is 2. The van der Waals surface area contributed by atoms with Crippen molar-refractivity contribution in [2.45, 2.75) is 6.92 Å². The van der Waals surface area contributed by atoms with E-state index in [0.29, 0.717) is 22.1 Å². The number of para-hydroxylation sites is 3. The fraction of sp³-hybridized carbons (Fsp3) is 0.0435. The molecule has 1 aromatic heterocycles. The Labute approximate surface area is 178 Å². The second-order valence-corrected chi connectivity index (χ2v) is 7.03. The zero-order chi connectivity index (χ0) is 21.1. The number of carbonyl (C=O) groups is 1. The van der Waals surface area contributed by atoms with Gasteiger partial charge in [-0.25, -0.2) is 14.2 Å². The molecule has 0 aliphatic heterocycles. The Hall–Kier alpha value is -3.77. The molecule has 0 radical (unpaired) electrons. The Morgan fingerprint density at radius 1 is 0.767 bits per heavy atom. The standard InChI is InChI=1S/C23H19ClN4O2/c1-16-21(26-23(30)25-20-15-9-8-14-19(20)24)22(29)28(18-12-6-3-7-13-18)27(16)17-10-4-2-5-11-17/h2-15H,1H3,(H2,25,26,30).